The van der Waals surface area contributed by atoms with Crippen molar-refractivity contribution in [2.24, 2.45) is 0 Å². The van der Waals surface area contributed by atoms with E-state index in [9.17, 15) is 0 Å². The lowest BCUT2D eigenvalue weighted by molar-refractivity contribution is 0.592. The van der Waals surface area contributed by atoms with E-state index in [-0.39, 0.29) is 0 Å². The minimum atomic E-state index is -3.16. The number of benzene rings is 9. The molecule has 326 valence electrons. The molecule has 0 bridgehead atoms. The fourth-order valence-corrected chi connectivity index (χ4v) is 16.5. The van der Waals surface area contributed by atoms with Crippen molar-refractivity contribution in [3.05, 3.63) is 243 Å². The molecule has 0 aliphatic carbocycles. The van der Waals surface area contributed by atoms with Gasteiger partial charge in [-0.15, -0.1) is 0 Å². The number of hydrogen-bond acceptors (Lipinski definition) is 5. The Morgan fingerprint density at radius 1 is 0.391 bits per heavy atom. The quantitative estimate of drug-likeness (QED) is 0.112. The molecule has 0 N–H and O–H groups in total. The molecule has 0 fully saturated rings. The lowest BCUT2D eigenvalue weighted by Crippen LogP contribution is -2.25. The minimum Gasteiger partial charge on any atom is -0.309 e. The molecule has 0 atom stereocenters. The third kappa shape index (κ3) is 6.71. The van der Waals surface area contributed by atoms with Crippen molar-refractivity contribution < 1.29 is 4.57 Å². The van der Waals surface area contributed by atoms with Gasteiger partial charge in [-0.25, -0.2) is 4.98 Å². The fraction of sp³-hybridized carbons (Fsp3) is 0. The molecule has 0 radical (unpaired) electrons. The van der Waals surface area contributed by atoms with E-state index in [1.54, 1.807) is 0 Å². The van der Waals surface area contributed by atoms with Crippen LogP contribution < -0.4 is 31.8 Å². The molecule has 0 saturated heterocycles. The number of pyridine rings is 3. The predicted octanol–water partition coefficient (Wildman–Crippen LogP) is 12.6. The van der Waals surface area contributed by atoms with Crippen LogP contribution in [0.25, 0.3) is 82.4 Å². The number of rotatable bonds is 8. The van der Waals surface area contributed by atoms with Crippen LogP contribution in [0.5, 0.6) is 0 Å². The summed E-state index contributed by atoms with van der Waals surface area (Å²) in [5.41, 5.74) is 8.51. The molecule has 0 aliphatic heterocycles. The third-order valence-corrected chi connectivity index (χ3v) is 21.6. The SMILES string of the molecule is O=P(c1ccccc1)(c1ccccc1)c1ccc2cc(-c3ccc4c5ccc6ccccc6c5c5nc6ccc(-c7ccc(P(=S)(c8ccccc8)c8ccccc8)cn7)cc6n5c4c3)cnc2c1. The van der Waals surface area contributed by atoms with Gasteiger partial charge in [0.15, 0.2) is 7.14 Å². The Labute approximate surface area is 403 Å². The molecule has 4 heterocycles. The van der Waals surface area contributed by atoms with Gasteiger partial charge in [-0.2, -0.15) is 0 Å². The van der Waals surface area contributed by atoms with Crippen LogP contribution in [0.2, 0.25) is 0 Å². The van der Waals surface area contributed by atoms with Gasteiger partial charge in [-0.1, -0.05) is 200 Å². The first-order chi connectivity index (χ1) is 33.9. The van der Waals surface area contributed by atoms with E-state index in [1.165, 1.54) is 5.39 Å². The second-order valence-electron chi connectivity index (χ2n) is 17.5. The second-order valence-corrected chi connectivity index (χ2v) is 24.7. The highest BCUT2D eigenvalue weighted by Gasteiger charge is 2.30. The van der Waals surface area contributed by atoms with E-state index in [1.807, 2.05) is 97.3 Å². The molecule has 5 nitrogen and oxygen atoms in total. The molecule has 0 unspecified atom stereocenters. The Hall–Kier alpha value is -7.85. The van der Waals surface area contributed by atoms with Gasteiger partial charge >= 0.3 is 0 Å². The molecule has 0 aliphatic rings. The summed E-state index contributed by atoms with van der Waals surface area (Å²) >= 11 is 6.65. The maximum absolute atomic E-state index is 15.2. The number of hydrogen-bond donors (Lipinski definition) is 0. The molecule has 0 saturated carbocycles. The minimum absolute atomic E-state index is 0.756. The first kappa shape index (κ1) is 41.3. The fourth-order valence-electron chi connectivity index (χ4n) is 10.2. The third-order valence-electron chi connectivity index (χ3n) is 13.6. The van der Waals surface area contributed by atoms with Crippen molar-refractivity contribution in [3.63, 3.8) is 0 Å². The molecule has 9 aromatic carbocycles. The Kier molecular flexibility index (Phi) is 9.85. The summed E-state index contributed by atoms with van der Waals surface area (Å²) in [7, 11) is -3.16. The van der Waals surface area contributed by atoms with E-state index >= 15 is 4.57 Å². The van der Waals surface area contributed by atoms with Gasteiger partial charge in [0.05, 0.1) is 27.8 Å². The summed E-state index contributed by atoms with van der Waals surface area (Å²) in [5.74, 6) is 0. The summed E-state index contributed by atoms with van der Waals surface area (Å²) in [4.78, 5) is 15.6. The number of aromatic nitrogens is 4. The van der Waals surface area contributed by atoms with E-state index in [4.69, 9.17) is 26.8 Å². The monoisotopic (exact) mass is 938 g/mol. The smallest absolute Gasteiger partial charge is 0.171 e. The molecular weight excluding hydrogens is 899 g/mol. The molecule has 4 aromatic heterocycles. The number of imidazole rings is 1. The first-order valence-electron chi connectivity index (χ1n) is 22.9. The van der Waals surface area contributed by atoms with Crippen molar-refractivity contribution in [2.45, 2.75) is 0 Å². The maximum Gasteiger partial charge on any atom is 0.171 e. The molecule has 0 amide bonds. The van der Waals surface area contributed by atoms with Crippen molar-refractivity contribution in [1.29, 1.82) is 0 Å². The summed E-state index contributed by atoms with van der Waals surface area (Å²) in [5, 5.41) is 12.4. The molecule has 69 heavy (non-hydrogen) atoms. The largest absolute Gasteiger partial charge is 0.309 e. The summed E-state index contributed by atoms with van der Waals surface area (Å²) in [6.07, 6.45) is 3.92. The van der Waals surface area contributed by atoms with E-state index in [0.29, 0.717) is 0 Å². The van der Waals surface area contributed by atoms with Crippen LogP contribution in [0.4, 0.5) is 0 Å². The van der Waals surface area contributed by atoms with Gasteiger partial charge in [-0.05, 0) is 74.8 Å². The van der Waals surface area contributed by atoms with Gasteiger partial charge in [-0.3, -0.25) is 14.4 Å². The van der Waals surface area contributed by atoms with Crippen molar-refractivity contribution in [1.82, 2.24) is 19.4 Å². The lowest BCUT2D eigenvalue weighted by Gasteiger charge is -2.23. The lowest BCUT2D eigenvalue weighted by atomic mass is 9.97. The first-order valence-corrected chi connectivity index (χ1v) is 27.5. The predicted molar refractivity (Wildman–Crippen MR) is 295 cm³/mol. The Morgan fingerprint density at radius 2 is 0.986 bits per heavy atom. The summed E-state index contributed by atoms with van der Waals surface area (Å²) in [6, 6.07) is 76.9. The highest BCUT2D eigenvalue weighted by molar-refractivity contribution is 8.25. The highest BCUT2D eigenvalue weighted by Crippen LogP contribution is 2.45. The van der Waals surface area contributed by atoms with Crippen LogP contribution in [0.1, 0.15) is 0 Å². The van der Waals surface area contributed by atoms with E-state index in [0.717, 1.165) is 109 Å². The summed E-state index contributed by atoms with van der Waals surface area (Å²) < 4.78 is 17.6. The number of fused-ring (bicyclic) bond motifs is 11. The van der Waals surface area contributed by atoms with Crippen molar-refractivity contribution >= 4 is 117 Å². The van der Waals surface area contributed by atoms with Crippen LogP contribution in [0.15, 0.2) is 243 Å². The Bertz CT molecular complexity index is 4150. The van der Waals surface area contributed by atoms with Crippen LogP contribution in [-0.4, -0.2) is 19.4 Å². The molecule has 13 aromatic rings. The average Bonchev–Trinajstić information content (AvgIpc) is 3.82. The second kappa shape index (κ2) is 16.4. The zero-order valence-corrected chi connectivity index (χ0v) is 39.7. The Morgan fingerprint density at radius 3 is 1.67 bits per heavy atom. The maximum atomic E-state index is 15.2. The van der Waals surface area contributed by atoms with Gasteiger partial charge in [0.25, 0.3) is 0 Å². The van der Waals surface area contributed by atoms with Gasteiger partial charge in [0, 0.05) is 66.9 Å². The zero-order valence-electron chi connectivity index (χ0n) is 37.1. The van der Waals surface area contributed by atoms with Crippen LogP contribution in [0, 0.1) is 0 Å². The summed E-state index contributed by atoms with van der Waals surface area (Å²) in [6.45, 7) is 0. The molecular formula is C61H40N4OP2S. The van der Waals surface area contributed by atoms with Gasteiger partial charge in [0.2, 0.25) is 0 Å². The molecule has 13 rings (SSSR count). The van der Waals surface area contributed by atoms with Crippen LogP contribution in [-0.2, 0) is 16.4 Å². The topological polar surface area (TPSA) is 60.2 Å². The number of nitrogens with zero attached hydrogens (tertiary/aromatic N) is 4. The average molecular weight is 939 g/mol. The normalized spacial score (nSPS) is 12.2. The zero-order chi connectivity index (χ0) is 46.1. The van der Waals surface area contributed by atoms with Crippen LogP contribution >= 0.6 is 13.2 Å². The van der Waals surface area contributed by atoms with E-state index < -0.39 is 13.2 Å². The van der Waals surface area contributed by atoms with Crippen LogP contribution in [0.3, 0.4) is 0 Å². The van der Waals surface area contributed by atoms with Crippen molar-refractivity contribution in [3.8, 4) is 22.4 Å². The van der Waals surface area contributed by atoms with Crippen molar-refractivity contribution in [2.75, 3.05) is 0 Å². The molecule has 8 heteroatoms. The Balaban J connectivity index is 0.959. The highest BCUT2D eigenvalue weighted by atomic mass is 32.4. The molecule has 0 spiro atoms. The standard InChI is InChI=1S/C61H40N4OP2S/c66-67(46-16-5-1-6-17-46,47-18-7-2-8-19-47)50-29-25-43-35-45(39-62-57(43)38-50)42-27-31-53-54-32-26-41-15-13-14-24-52(41)60(54)61-64-56-33-28-44(37-59(56)65(61)58(53)36-42)55-34-30-51(40-63-55)68(69,48-20-9-3-10-21-48)49-22-11-4-12-23-49/h1-40H. The van der Waals surface area contributed by atoms with E-state index in [2.05, 4.69) is 150 Å². The van der Waals surface area contributed by atoms with Gasteiger partial charge < -0.3 is 4.57 Å². The van der Waals surface area contributed by atoms with Gasteiger partial charge in [0.1, 0.15) is 5.65 Å².